The lowest BCUT2D eigenvalue weighted by molar-refractivity contribution is 0.622. The van der Waals surface area contributed by atoms with Crippen LogP contribution in [0.4, 0.5) is 21.8 Å². The van der Waals surface area contributed by atoms with Crippen molar-refractivity contribution in [3.05, 3.63) is 59.1 Å². The highest BCUT2D eigenvalue weighted by atomic mass is 79.9. The standard InChI is InChI=1S/C19H19BrFN5/c1-3-12(2)23-19-25-17(13-5-4-8-22-11-13)10-18(26-19)24-14-6-7-15(20)16(21)9-14/h4-12H,3H2,1-2H3,(H2,23,24,25,26)/t12-/m0/s1. The number of pyridine rings is 1. The summed E-state index contributed by atoms with van der Waals surface area (Å²) >= 11 is 3.16. The third-order valence-electron chi connectivity index (χ3n) is 3.86. The first-order valence-corrected chi connectivity index (χ1v) is 9.12. The Labute approximate surface area is 160 Å². The van der Waals surface area contributed by atoms with E-state index in [9.17, 15) is 4.39 Å². The SMILES string of the molecule is CC[C@H](C)Nc1nc(Nc2ccc(Br)c(F)c2)cc(-c2cccnc2)n1. The van der Waals surface area contributed by atoms with E-state index >= 15 is 0 Å². The molecule has 2 heterocycles. The Morgan fingerprint density at radius 3 is 2.73 bits per heavy atom. The van der Waals surface area contributed by atoms with Crippen molar-refractivity contribution in [2.75, 3.05) is 10.6 Å². The van der Waals surface area contributed by atoms with Gasteiger partial charge in [0.2, 0.25) is 5.95 Å². The number of nitrogens with one attached hydrogen (secondary N) is 2. The molecule has 1 atom stereocenters. The highest BCUT2D eigenvalue weighted by molar-refractivity contribution is 9.10. The van der Waals surface area contributed by atoms with Crippen LogP contribution in [0, 0.1) is 5.82 Å². The van der Waals surface area contributed by atoms with Crippen molar-refractivity contribution in [2.24, 2.45) is 0 Å². The summed E-state index contributed by atoms with van der Waals surface area (Å²) in [6, 6.07) is 10.7. The number of halogens is 2. The molecule has 3 rings (SSSR count). The zero-order chi connectivity index (χ0) is 18.5. The largest absolute Gasteiger partial charge is 0.352 e. The summed E-state index contributed by atoms with van der Waals surface area (Å²) in [5.41, 5.74) is 2.22. The normalized spacial score (nSPS) is 11.8. The van der Waals surface area contributed by atoms with Gasteiger partial charge in [0.05, 0.1) is 10.2 Å². The van der Waals surface area contributed by atoms with E-state index in [1.165, 1.54) is 6.07 Å². The summed E-state index contributed by atoms with van der Waals surface area (Å²) < 4.78 is 14.2. The lowest BCUT2D eigenvalue weighted by atomic mass is 10.2. The summed E-state index contributed by atoms with van der Waals surface area (Å²) in [4.78, 5) is 13.2. The molecular formula is C19H19BrFN5. The fourth-order valence-electron chi connectivity index (χ4n) is 2.28. The van der Waals surface area contributed by atoms with Crippen LogP contribution in [0.3, 0.4) is 0 Å². The van der Waals surface area contributed by atoms with Gasteiger partial charge in [-0.15, -0.1) is 0 Å². The molecular weight excluding hydrogens is 397 g/mol. The second kappa shape index (κ2) is 8.23. The first-order chi connectivity index (χ1) is 12.5. The zero-order valence-electron chi connectivity index (χ0n) is 14.5. The molecule has 5 nitrogen and oxygen atoms in total. The molecule has 2 N–H and O–H groups in total. The van der Waals surface area contributed by atoms with Crippen LogP contribution in [0.15, 0.2) is 53.3 Å². The predicted octanol–water partition coefficient (Wildman–Crippen LogP) is 5.39. The maximum Gasteiger partial charge on any atom is 0.225 e. The van der Waals surface area contributed by atoms with E-state index in [4.69, 9.17) is 0 Å². The molecule has 0 aliphatic rings. The Balaban J connectivity index is 1.97. The van der Waals surface area contributed by atoms with Crippen molar-refractivity contribution in [3.8, 4) is 11.3 Å². The van der Waals surface area contributed by atoms with Crippen molar-refractivity contribution in [2.45, 2.75) is 26.3 Å². The third-order valence-corrected chi connectivity index (χ3v) is 4.51. The van der Waals surface area contributed by atoms with Crippen molar-refractivity contribution in [3.63, 3.8) is 0 Å². The van der Waals surface area contributed by atoms with Gasteiger partial charge in [-0.3, -0.25) is 4.98 Å². The van der Waals surface area contributed by atoms with E-state index in [1.54, 1.807) is 24.5 Å². The van der Waals surface area contributed by atoms with Gasteiger partial charge in [-0.25, -0.2) is 9.37 Å². The molecule has 134 valence electrons. The van der Waals surface area contributed by atoms with Gasteiger partial charge in [-0.05, 0) is 59.6 Å². The van der Waals surface area contributed by atoms with Crippen LogP contribution >= 0.6 is 15.9 Å². The topological polar surface area (TPSA) is 62.7 Å². The van der Waals surface area contributed by atoms with E-state index < -0.39 is 0 Å². The minimum atomic E-state index is -0.338. The number of hydrogen-bond donors (Lipinski definition) is 2. The molecule has 0 unspecified atom stereocenters. The van der Waals surface area contributed by atoms with Gasteiger partial charge in [0.1, 0.15) is 11.6 Å². The maximum atomic E-state index is 13.8. The second-order valence-corrected chi connectivity index (χ2v) is 6.77. The van der Waals surface area contributed by atoms with Crippen LogP contribution < -0.4 is 10.6 Å². The highest BCUT2D eigenvalue weighted by Crippen LogP contribution is 2.25. The van der Waals surface area contributed by atoms with E-state index in [1.807, 2.05) is 18.2 Å². The Kier molecular flexibility index (Phi) is 5.78. The molecule has 0 spiro atoms. The molecule has 0 fully saturated rings. The summed E-state index contributed by atoms with van der Waals surface area (Å²) in [7, 11) is 0. The lowest BCUT2D eigenvalue weighted by Crippen LogP contribution is -2.16. The molecule has 0 saturated carbocycles. The average Bonchev–Trinajstić information content (AvgIpc) is 2.65. The van der Waals surface area contributed by atoms with E-state index in [0.717, 1.165) is 17.7 Å². The fourth-order valence-corrected chi connectivity index (χ4v) is 2.53. The van der Waals surface area contributed by atoms with Gasteiger partial charge >= 0.3 is 0 Å². The van der Waals surface area contributed by atoms with Crippen molar-refractivity contribution in [1.29, 1.82) is 0 Å². The highest BCUT2D eigenvalue weighted by Gasteiger charge is 2.10. The zero-order valence-corrected chi connectivity index (χ0v) is 16.1. The monoisotopic (exact) mass is 415 g/mol. The van der Waals surface area contributed by atoms with E-state index in [2.05, 4.69) is 55.4 Å². The molecule has 26 heavy (non-hydrogen) atoms. The lowest BCUT2D eigenvalue weighted by Gasteiger charge is -2.14. The Hall–Kier alpha value is -2.54. The van der Waals surface area contributed by atoms with Crippen molar-refractivity contribution < 1.29 is 4.39 Å². The average molecular weight is 416 g/mol. The molecule has 3 aromatic rings. The second-order valence-electron chi connectivity index (χ2n) is 5.91. The molecule has 0 saturated heterocycles. The van der Waals surface area contributed by atoms with E-state index in [-0.39, 0.29) is 11.9 Å². The number of rotatable bonds is 6. The smallest absolute Gasteiger partial charge is 0.225 e. The maximum absolute atomic E-state index is 13.8. The summed E-state index contributed by atoms with van der Waals surface area (Å²) in [6.07, 6.45) is 4.41. The van der Waals surface area contributed by atoms with Crippen LogP contribution in [0.1, 0.15) is 20.3 Å². The van der Waals surface area contributed by atoms with Gasteiger partial charge in [-0.1, -0.05) is 6.92 Å². The van der Waals surface area contributed by atoms with Crippen LogP contribution in [-0.4, -0.2) is 21.0 Å². The molecule has 0 radical (unpaired) electrons. The Morgan fingerprint density at radius 1 is 1.19 bits per heavy atom. The first-order valence-electron chi connectivity index (χ1n) is 8.33. The number of benzene rings is 1. The van der Waals surface area contributed by atoms with Crippen LogP contribution in [-0.2, 0) is 0 Å². The number of hydrogen-bond acceptors (Lipinski definition) is 5. The van der Waals surface area contributed by atoms with Gasteiger partial charge < -0.3 is 10.6 Å². The summed E-state index contributed by atoms with van der Waals surface area (Å²) in [5.74, 6) is 0.752. The van der Waals surface area contributed by atoms with Gasteiger partial charge in [0.25, 0.3) is 0 Å². The number of nitrogens with zero attached hydrogens (tertiary/aromatic N) is 3. The van der Waals surface area contributed by atoms with Gasteiger partial charge in [0.15, 0.2) is 0 Å². The molecule has 0 aliphatic carbocycles. The third kappa shape index (κ3) is 4.54. The molecule has 7 heteroatoms. The Bertz CT molecular complexity index is 888. The summed E-state index contributed by atoms with van der Waals surface area (Å²) in [6.45, 7) is 4.16. The molecule has 0 bridgehead atoms. The Morgan fingerprint density at radius 2 is 2.04 bits per heavy atom. The minimum absolute atomic E-state index is 0.233. The summed E-state index contributed by atoms with van der Waals surface area (Å²) in [5, 5.41) is 6.43. The molecule has 0 aliphatic heterocycles. The predicted molar refractivity (Wildman–Crippen MR) is 106 cm³/mol. The van der Waals surface area contributed by atoms with Gasteiger partial charge in [-0.2, -0.15) is 4.98 Å². The first kappa shape index (κ1) is 18.3. The fraction of sp³-hybridized carbons (Fsp3) is 0.211. The number of anilines is 3. The van der Waals surface area contributed by atoms with Crippen molar-refractivity contribution >= 4 is 33.4 Å². The molecule has 1 aromatic carbocycles. The van der Waals surface area contributed by atoms with Crippen LogP contribution in [0.2, 0.25) is 0 Å². The molecule has 2 aromatic heterocycles. The van der Waals surface area contributed by atoms with Crippen molar-refractivity contribution in [1.82, 2.24) is 15.0 Å². The van der Waals surface area contributed by atoms with Gasteiger partial charge in [0, 0.05) is 35.8 Å². The van der Waals surface area contributed by atoms with E-state index in [0.29, 0.717) is 21.9 Å². The quantitative estimate of drug-likeness (QED) is 0.564. The number of aromatic nitrogens is 3. The molecule has 0 amide bonds. The minimum Gasteiger partial charge on any atom is -0.352 e. The van der Waals surface area contributed by atoms with Crippen LogP contribution in [0.25, 0.3) is 11.3 Å². The van der Waals surface area contributed by atoms with Crippen LogP contribution in [0.5, 0.6) is 0 Å².